The van der Waals surface area contributed by atoms with Gasteiger partial charge in [-0.1, -0.05) is 19.9 Å². The number of aryl methyl sites for hydroxylation is 1. The first kappa shape index (κ1) is 9.78. The Balaban J connectivity index is 3.43. The molecule has 0 saturated carbocycles. The number of benzene rings is 1. The highest BCUT2D eigenvalue weighted by molar-refractivity contribution is 5.84. The zero-order chi connectivity index (χ0) is 10.0. The Morgan fingerprint density at radius 2 is 2.00 bits per heavy atom. The summed E-state index contributed by atoms with van der Waals surface area (Å²) < 4.78 is 0. The van der Waals surface area contributed by atoms with E-state index in [1.165, 1.54) is 6.21 Å². The van der Waals surface area contributed by atoms with Gasteiger partial charge in [0.2, 0.25) is 0 Å². The number of anilines is 1. The summed E-state index contributed by atoms with van der Waals surface area (Å²) in [5, 5.41) is 7.33. The normalized spacial score (nSPS) is 10.5. The molecule has 0 heterocycles. The molecular formula is C11H16N2. The lowest BCUT2D eigenvalue weighted by Gasteiger charge is -2.14. The van der Waals surface area contributed by atoms with Gasteiger partial charge in [0.05, 0.1) is 0 Å². The Morgan fingerprint density at radius 3 is 2.38 bits per heavy atom. The summed E-state index contributed by atoms with van der Waals surface area (Å²) in [6.07, 6.45) is 1.39. The summed E-state index contributed by atoms with van der Waals surface area (Å²) in [5.41, 5.74) is 9.83. The lowest BCUT2D eigenvalue weighted by atomic mass is 9.93. The number of hydrogen-bond donors (Lipinski definition) is 2. The van der Waals surface area contributed by atoms with E-state index in [2.05, 4.69) is 13.8 Å². The van der Waals surface area contributed by atoms with Crippen LogP contribution in [0.5, 0.6) is 0 Å². The van der Waals surface area contributed by atoms with E-state index < -0.39 is 0 Å². The fourth-order valence-corrected chi connectivity index (χ4v) is 1.60. The molecule has 0 spiro atoms. The fraction of sp³-hybridized carbons (Fsp3) is 0.364. The van der Waals surface area contributed by atoms with Crippen LogP contribution in [-0.4, -0.2) is 6.21 Å². The second kappa shape index (κ2) is 3.60. The molecule has 0 aliphatic heterocycles. The van der Waals surface area contributed by atoms with Gasteiger partial charge in [0.1, 0.15) is 0 Å². The quantitative estimate of drug-likeness (QED) is 0.528. The van der Waals surface area contributed by atoms with Gasteiger partial charge in [0.25, 0.3) is 0 Å². The number of nitrogen functional groups attached to an aromatic ring is 1. The van der Waals surface area contributed by atoms with Crippen molar-refractivity contribution in [2.75, 3.05) is 5.73 Å². The molecule has 3 N–H and O–H groups in total. The van der Waals surface area contributed by atoms with Gasteiger partial charge in [-0.15, -0.1) is 0 Å². The third-order valence-corrected chi connectivity index (χ3v) is 2.26. The standard InChI is InChI=1S/C11H16N2/c1-7(2)11-9(6-12)8(3)4-5-10(11)13/h4-7,12H,13H2,1-3H3. The van der Waals surface area contributed by atoms with Gasteiger partial charge in [0, 0.05) is 17.5 Å². The Morgan fingerprint density at radius 1 is 1.38 bits per heavy atom. The molecule has 1 aromatic carbocycles. The van der Waals surface area contributed by atoms with Crippen molar-refractivity contribution in [2.45, 2.75) is 26.7 Å². The summed E-state index contributed by atoms with van der Waals surface area (Å²) in [7, 11) is 0. The maximum atomic E-state index is 7.33. The molecule has 0 fully saturated rings. The van der Waals surface area contributed by atoms with Crippen LogP contribution < -0.4 is 5.73 Å². The van der Waals surface area contributed by atoms with E-state index in [9.17, 15) is 0 Å². The van der Waals surface area contributed by atoms with Gasteiger partial charge < -0.3 is 11.1 Å². The zero-order valence-electron chi connectivity index (χ0n) is 8.39. The van der Waals surface area contributed by atoms with E-state index in [1.54, 1.807) is 0 Å². The molecular weight excluding hydrogens is 160 g/mol. The van der Waals surface area contributed by atoms with Crippen molar-refractivity contribution >= 4 is 11.9 Å². The highest BCUT2D eigenvalue weighted by Crippen LogP contribution is 2.26. The number of hydrogen-bond acceptors (Lipinski definition) is 2. The monoisotopic (exact) mass is 176 g/mol. The lowest BCUT2D eigenvalue weighted by Crippen LogP contribution is -2.03. The SMILES string of the molecule is Cc1ccc(N)c(C(C)C)c1C=N. The van der Waals surface area contributed by atoms with Crippen molar-refractivity contribution in [3.05, 3.63) is 28.8 Å². The number of nitrogens with two attached hydrogens (primary N) is 1. The molecule has 0 amide bonds. The first-order valence-corrected chi connectivity index (χ1v) is 4.47. The van der Waals surface area contributed by atoms with Gasteiger partial charge in [-0.3, -0.25) is 0 Å². The summed E-state index contributed by atoms with van der Waals surface area (Å²) in [4.78, 5) is 0. The maximum Gasteiger partial charge on any atom is 0.0355 e. The topological polar surface area (TPSA) is 49.9 Å². The molecule has 70 valence electrons. The molecule has 0 aliphatic rings. The number of rotatable bonds is 2. The van der Waals surface area contributed by atoms with Crippen molar-refractivity contribution in [1.82, 2.24) is 0 Å². The molecule has 0 atom stereocenters. The van der Waals surface area contributed by atoms with Crippen molar-refractivity contribution in [2.24, 2.45) is 0 Å². The van der Waals surface area contributed by atoms with Gasteiger partial charge in [-0.2, -0.15) is 0 Å². The van der Waals surface area contributed by atoms with Crippen LogP contribution in [0.15, 0.2) is 12.1 Å². The predicted molar refractivity (Wildman–Crippen MR) is 57.6 cm³/mol. The predicted octanol–water partition coefficient (Wildman–Crippen LogP) is 2.70. The van der Waals surface area contributed by atoms with E-state index in [4.69, 9.17) is 11.1 Å². The van der Waals surface area contributed by atoms with E-state index in [0.29, 0.717) is 5.92 Å². The largest absolute Gasteiger partial charge is 0.398 e. The molecule has 1 aromatic rings. The zero-order valence-corrected chi connectivity index (χ0v) is 8.39. The van der Waals surface area contributed by atoms with Crippen LogP contribution in [0.1, 0.15) is 36.5 Å². The molecule has 0 bridgehead atoms. The molecule has 0 radical (unpaired) electrons. The second-order valence-corrected chi connectivity index (χ2v) is 3.60. The molecule has 2 nitrogen and oxygen atoms in total. The minimum Gasteiger partial charge on any atom is -0.398 e. The molecule has 1 rings (SSSR count). The molecule has 0 unspecified atom stereocenters. The van der Waals surface area contributed by atoms with Crippen LogP contribution in [0.3, 0.4) is 0 Å². The van der Waals surface area contributed by atoms with Crippen molar-refractivity contribution in [3.63, 3.8) is 0 Å². The first-order chi connectivity index (χ1) is 6.07. The van der Waals surface area contributed by atoms with E-state index in [1.807, 2.05) is 19.1 Å². The number of nitrogens with one attached hydrogen (secondary N) is 1. The first-order valence-electron chi connectivity index (χ1n) is 4.47. The van der Waals surface area contributed by atoms with Crippen LogP contribution in [0.4, 0.5) is 5.69 Å². The van der Waals surface area contributed by atoms with Crippen LogP contribution >= 0.6 is 0 Å². The molecule has 0 aromatic heterocycles. The average Bonchev–Trinajstić information content (AvgIpc) is 2.07. The maximum absolute atomic E-state index is 7.33. The summed E-state index contributed by atoms with van der Waals surface area (Å²) in [6, 6.07) is 3.87. The molecule has 0 saturated heterocycles. The van der Waals surface area contributed by atoms with Gasteiger partial charge in [-0.05, 0) is 30.0 Å². The van der Waals surface area contributed by atoms with Crippen LogP contribution in [0, 0.1) is 12.3 Å². The second-order valence-electron chi connectivity index (χ2n) is 3.60. The Bertz CT molecular complexity index is 327. The van der Waals surface area contributed by atoms with Crippen LogP contribution in [0.25, 0.3) is 0 Å². The Labute approximate surface area is 79.3 Å². The highest BCUT2D eigenvalue weighted by atomic mass is 14.6. The lowest BCUT2D eigenvalue weighted by molar-refractivity contribution is 0.866. The van der Waals surface area contributed by atoms with Gasteiger partial charge in [-0.25, -0.2) is 0 Å². The summed E-state index contributed by atoms with van der Waals surface area (Å²) in [5.74, 6) is 0.372. The van der Waals surface area contributed by atoms with Crippen LogP contribution in [-0.2, 0) is 0 Å². The summed E-state index contributed by atoms with van der Waals surface area (Å²) >= 11 is 0. The van der Waals surface area contributed by atoms with E-state index in [-0.39, 0.29) is 0 Å². The fourth-order valence-electron chi connectivity index (χ4n) is 1.60. The van der Waals surface area contributed by atoms with Crippen molar-refractivity contribution in [1.29, 1.82) is 5.41 Å². The van der Waals surface area contributed by atoms with Crippen LogP contribution in [0.2, 0.25) is 0 Å². The third-order valence-electron chi connectivity index (χ3n) is 2.26. The molecule has 13 heavy (non-hydrogen) atoms. The third kappa shape index (κ3) is 1.72. The minimum absolute atomic E-state index is 0.372. The highest BCUT2D eigenvalue weighted by Gasteiger charge is 2.10. The smallest absolute Gasteiger partial charge is 0.0355 e. The van der Waals surface area contributed by atoms with E-state index in [0.717, 1.165) is 22.4 Å². The van der Waals surface area contributed by atoms with Crippen molar-refractivity contribution in [3.8, 4) is 0 Å². The Kier molecular flexibility index (Phi) is 2.71. The average molecular weight is 176 g/mol. The van der Waals surface area contributed by atoms with Crippen molar-refractivity contribution < 1.29 is 0 Å². The van der Waals surface area contributed by atoms with E-state index >= 15 is 0 Å². The molecule has 0 aliphatic carbocycles. The Hall–Kier alpha value is -1.31. The van der Waals surface area contributed by atoms with Gasteiger partial charge in [0.15, 0.2) is 0 Å². The minimum atomic E-state index is 0.372. The van der Waals surface area contributed by atoms with Gasteiger partial charge >= 0.3 is 0 Å². The molecule has 2 heteroatoms. The summed E-state index contributed by atoms with van der Waals surface area (Å²) in [6.45, 7) is 6.20.